The highest BCUT2D eigenvalue weighted by atomic mass is 16.3. The second kappa shape index (κ2) is 6.99. The van der Waals surface area contributed by atoms with Crippen LogP contribution in [0, 0.1) is 5.92 Å². The molecule has 0 aliphatic rings. The zero-order chi connectivity index (χ0) is 15.2. The van der Waals surface area contributed by atoms with Gasteiger partial charge in [0.25, 0.3) is 5.91 Å². The first-order valence-electron chi connectivity index (χ1n) is 6.99. The van der Waals surface area contributed by atoms with Crippen LogP contribution < -0.4 is 5.32 Å². The van der Waals surface area contributed by atoms with E-state index in [9.17, 15) is 9.90 Å². The van der Waals surface area contributed by atoms with E-state index in [0.717, 1.165) is 0 Å². The van der Waals surface area contributed by atoms with Crippen molar-refractivity contribution < 1.29 is 9.90 Å². The smallest absolute Gasteiger partial charge is 0.255 e. The Balaban J connectivity index is 2.06. The molecule has 6 nitrogen and oxygen atoms in total. The van der Waals surface area contributed by atoms with E-state index in [4.69, 9.17) is 0 Å². The molecule has 0 bridgehead atoms. The molecule has 2 heterocycles. The van der Waals surface area contributed by atoms with Crippen LogP contribution in [0.15, 0.2) is 36.8 Å². The van der Waals surface area contributed by atoms with Crippen LogP contribution in [0.4, 0.5) is 0 Å². The molecule has 2 aromatic rings. The third kappa shape index (κ3) is 4.13. The molecule has 6 heteroatoms. The van der Waals surface area contributed by atoms with Crippen LogP contribution in [0.1, 0.15) is 30.6 Å². The van der Waals surface area contributed by atoms with Gasteiger partial charge in [-0.3, -0.25) is 4.79 Å². The molecular formula is C15H20N4O2. The fourth-order valence-electron chi connectivity index (χ4n) is 2.18. The van der Waals surface area contributed by atoms with Crippen LogP contribution in [0.3, 0.4) is 0 Å². The van der Waals surface area contributed by atoms with Gasteiger partial charge < -0.3 is 10.4 Å². The number of hydrogen-bond acceptors (Lipinski definition) is 4. The summed E-state index contributed by atoms with van der Waals surface area (Å²) in [5.74, 6) is 0.521. The molecule has 0 radical (unpaired) electrons. The normalized spacial score (nSPS) is 13.7. The molecule has 0 saturated heterocycles. The summed E-state index contributed by atoms with van der Waals surface area (Å²) < 4.78 is 1.56. The van der Waals surface area contributed by atoms with Gasteiger partial charge in [-0.05, 0) is 37.5 Å². The van der Waals surface area contributed by atoms with Crippen molar-refractivity contribution in [2.24, 2.45) is 5.92 Å². The maximum atomic E-state index is 12.3. The summed E-state index contributed by atoms with van der Waals surface area (Å²) in [7, 11) is 0. The lowest BCUT2D eigenvalue weighted by Gasteiger charge is -2.15. The van der Waals surface area contributed by atoms with Crippen LogP contribution in [0.2, 0.25) is 0 Å². The number of nitrogens with zero attached hydrogens (tertiary/aromatic N) is 3. The van der Waals surface area contributed by atoms with E-state index < -0.39 is 0 Å². The Bertz CT molecular complexity index is 581. The summed E-state index contributed by atoms with van der Waals surface area (Å²) in [6.45, 7) is 4.25. The Morgan fingerprint density at radius 2 is 2.19 bits per heavy atom. The van der Waals surface area contributed by atoms with Gasteiger partial charge in [-0.15, -0.1) is 0 Å². The van der Waals surface area contributed by atoms with Crippen LogP contribution in [-0.2, 0) is 0 Å². The molecule has 1 amide bonds. The number of rotatable bonds is 6. The van der Waals surface area contributed by atoms with Crippen LogP contribution in [-0.4, -0.2) is 38.4 Å². The van der Waals surface area contributed by atoms with Gasteiger partial charge in [-0.1, -0.05) is 6.92 Å². The van der Waals surface area contributed by atoms with E-state index in [1.807, 2.05) is 6.92 Å². The maximum absolute atomic E-state index is 12.3. The van der Waals surface area contributed by atoms with Crippen molar-refractivity contribution in [2.75, 3.05) is 6.54 Å². The zero-order valence-electron chi connectivity index (χ0n) is 12.2. The Morgan fingerprint density at radius 3 is 2.86 bits per heavy atom. The first-order chi connectivity index (χ1) is 10.1. The molecule has 0 aliphatic heterocycles. The average molecular weight is 288 g/mol. The van der Waals surface area contributed by atoms with Gasteiger partial charge in [-0.2, -0.15) is 5.10 Å². The molecule has 0 spiro atoms. The van der Waals surface area contributed by atoms with Crippen molar-refractivity contribution in [3.05, 3.63) is 42.4 Å². The Kier molecular flexibility index (Phi) is 5.05. The Morgan fingerprint density at radius 1 is 1.38 bits per heavy atom. The highest BCUT2D eigenvalue weighted by Crippen LogP contribution is 2.11. The van der Waals surface area contributed by atoms with Crippen LogP contribution >= 0.6 is 0 Å². The van der Waals surface area contributed by atoms with E-state index in [2.05, 4.69) is 15.4 Å². The minimum atomic E-state index is -0.366. The first-order valence-corrected chi connectivity index (χ1v) is 6.99. The molecule has 2 N–H and O–H groups in total. The van der Waals surface area contributed by atoms with E-state index >= 15 is 0 Å². The molecule has 0 aliphatic carbocycles. The lowest BCUT2D eigenvalue weighted by atomic mass is 10.0. The number of aromatic nitrogens is 3. The molecule has 0 saturated carbocycles. The van der Waals surface area contributed by atoms with Crippen LogP contribution in [0.5, 0.6) is 0 Å². The Labute approximate surface area is 123 Å². The van der Waals surface area contributed by atoms with Crippen molar-refractivity contribution in [3.63, 3.8) is 0 Å². The van der Waals surface area contributed by atoms with E-state index in [1.54, 1.807) is 48.4 Å². The monoisotopic (exact) mass is 288 g/mol. The minimum absolute atomic E-state index is 0.189. The number of aliphatic hydroxyl groups is 1. The van der Waals surface area contributed by atoms with Gasteiger partial charge in [0, 0.05) is 25.1 Å². The molecule has 2 rings (SSSR count). The van der Waals surface area contributed by atoms with E-state index in [-0.39, 0.29) is 17.9 Å². The number of hydrogen-bond donors (Lipinski definition) is 2. The summed E-state index contributed by atoms with van der Waals surface area (Å²) in [6.07, 6.45) is 5.30. The third-order valence-electron chi connectivity index (χ3n) is 3.11. The van der Waals surface area contributed by atoms with Gasteiger partial charge in [-0.25, -0.2) is 9.67 Å². The van der Waals surface area contributed by atoms with Crippen molar-refractivity contribution in [1.82, 2.24) is 20.1 Å². The predicted octanol–water partition coefficient (Wildman–Crippen LogP) is 1.40. The molecule has 112 valence electrons. The second-order valence-corrected chi connectivity index (χ2v) is 5.23. The van der Waals surface area contributed by atoms with Gasteiger partial charge in [0.1, 0.15) is 0 Å². The fourth-order valence-corrected chi connectivity index (χ4v) is 2.18. The lowest BCUT2D eigenvalue weighted by molar-refractivity contribution is 0.0939. The van der Waals surface area contributed by atoms with Crippen molar-refractivity contribution >= 4 is 5.91 Å². The summed E-state index contributed by atoms with van der Waals surface area (Å²) in [5.41, 5.74) is 0.477. The number of nitrogens with one attached hydrogen (secondary N) is 1. The number of pyridine rings is 1. The average Bonchev–Trinajstić information content (AvgIpc) is 2.98. The van der Waals surface area contributed by atoms with Gasteiger partial charge in [0.2, 0.25) is 0 Å². The lowest BCUT2D eigenvalue weighted by Crippen LogP contribution is -2.30. The number of amides is 1. The quantitative estimate of drug-likeness (QED) is 0.842. The minimum Gasteiger partial charge on any atom is -0.393 e. The van der Waals surface area contributed by atoms with Gasteiger partial charge >= 0.3 is 0 Å². The molecule has 2 aromatic heterocycles. The number of aliphatic hydroxyl groups excluding tert-OH is 1. The van der Waals surface area contributed by atoms with Crippen molar-refractivity contribution in [2.45, 2.75) is 26.4 Å². The SMILES string of the molecule is CC(O)CC(C)CNC(=O)c1cccnc1-n1cccn1. The van der Waals surface area contributed by atoms with Crippen LogP contribution in [0.25, 0.3) is 5.82 Å². The first kappa shape index (κ1) is 15.2. The standard InChI is InChI=1S/C15H20N4O2/c1-11(9-12(2)20)10-17-15(21)13-5-3-6-16-14(13)19-8-4-7-18-19/h3-8,11-12,20H,9-10H2,1-2H3,(H,17,21). The Hall–Kier alpha value is -2.21. The molecule has 0 aromatic carbocycles. The van der Waals surface area contributed by atoms with Crippen molar-refractivity contribution in [1.29, 1.82) is 0 Å². The maximum Gasteiger partial charge on any atom is 0.255 e. The van der Waals surface area contributed by atoms with E-state index in [0.29, 0.717) is 24.3 Å². The van der Waals surface area contributed by atoms with Gasteiger partial charge in [0.15, 0.2) is 5.82 Å². The third-order valence-corrected chi connectivity index (χ3v) is 3.11. The topological polar surface area (TPSA) is 80.0 Å². The van der Waals surface area contributed by atoms with Gasteiger partial charge in [0.05, 0.1) is 11.7 Å². The van der Waals surface area contributed by atoms with E-state index in [1.165, 1.54) is 0 Å². The second-order valence-electron chi connectivity index (χ2n) is 5.23. The number of carbonyl (C=O) groups is 1. The molecule has 0 fully saturated rings. The molecule has 2 atom stereocenters. The predicted molar refractivity (Wildman–Crippen MR) is 79.2 cm³/mol. The zero-order valence-corrected chi connectivity index (χ0v) is 12.2. The molecular weight excluding hydrogens is 268 g/mol. The summed E-state index contributed by atoms with van der Waals surface area (Å²) >= 11 is 0. The largest absolute Gasteiger partial charge is 0.393 e. The summed E-state index contributed by atoms with van der Waals surface area (Å²) in [6, 6.07) is 5.22. The molecule has 21 heavy (non-hydrogen) atoms. The molecule has 2 unspecified atom stereocenters. The highest BCUT2D eigenvalue weighted by molar-refractivity contribution is 5.97. The van der Waals surface area contributed by atoms with Crippen molar-refractivity contribution in [3.8, 4) is 5.82 Å². The summed E-state index contributed by atoms with van der Waals surface area (Å²) in [4.78, 5) is 16.5. The highest BCUT2D eigenvalue weighted by Gasteiger charge is 2.15. The summed E-state index contributed by atoms with van der Waals surface area (Å²) in [5, 5.41) is 16.3. The fraction of sp³-hybridized carbons (Fsp3) is 0.400. The number of carbonyl (C=O) groups excluding carboxylic acids is 1.